The predicted octanol–water partition coefficient (Wildman–Crippen LogP) is 2.95. The number of rotatable bonds is 1. The van der Waals surface area contributed by atoms with Crippen LogP contribution >= 0.6 is 0 Å². The van der Waals surface area contributed by atoms with Gasteiger partial charge in [-0.15, -0.1) is 0 Å². The fourth-order valence-electron chi connectivity index (χ4n) is 1.47. The maximum absolute atomic E-state index is 13.6. The highest BCUT2D eigenvalue weighted by molar-refractivity contribution is 5.83. The number of nitrogens with one attached hydrogen (secondary N) is 1. The van der Waals surface area contributed by atoms with E-state index in [4.69, 9.17) is 5.73 Å². The van der Waals surface area contributed by atoms with Crippen LogP contribution < -0.4 is 5.73 Å². The minimum atomic E-state index is -1.34. The molecule has 0 aliphatic heterocycles. The molecule has 74 valence electrons. The van der Waals surface area contributed by atoms with Crippen LogP contribution in [0, 0.1) is 0 Å². The molecule has 0 amide bonds. The third-order valence-electron chi connectivity index (χ3n) is 2.29. The standard InChI is InChI=1S/C11H13FN2/c1-11(2,12)10-6-7-5-8(13)3-4-9(7)14-10/h3-6,14H,13H2,1-2H3. The Hall–Kier alpha value is -1.51. The van der Waals surface area contributed by atoms with Crippen molar-refractivity contribution < 1.29 is 4.39 Å². The van der Waals surface area contributed by atoms with Gasteiger partial charge in [0.1, 0.15) is 5.67 Å². The lowest BCUT2D eigenvalue weighted by atomic mass is 10.1. The highest BCUT2D eigenvalue weighted by atomic mass is 19.1. The van der Waals surface area contributed by atoms with Gasteiger partial charge in [-0.2, -0.15) is 0 Å². The molecule has 0 radical (unpaired) electrons. The van der Waals surface area contributed by atoms with E-state index in [-0.39, 0.29) is 0 Å². The summed E-state index contributed by atoms with van der Waals surface area (Å²) < 4.78 is 13.6. The molecule has 0 saturated heterocycles. The second kappa shape index (κ2) is 2.74. The number of nitrogen functional groups attached to an aromatic ring is 1. The summed E-state index contributed by atoms with van der Waals surface area (Å²) in [6.45, 7) is 3.06. The van der Waals surface area contributed by atoms with Gasteiger partial charge in [-0.3, -0.25) is 0 Å². The summed E-state index contributed by atoms with van der Waals surface area (Å²) in [4.78, 5) is 3.03. The minimum absolute atomic E-state index is 0.582. The maximum Gasteiger partial charge on any atom is 0.145 e. The number of nitrogens with two attached hydrogens (primary N) is 1. The molecule has 3 heteroatoms. The van der Waals surface area contributed by atoms with Gasteiger partial charge < -0.3 is 10.7 Å². The molecule has 0 bridgehead atoms. The Kier molecular flexibility index (Phi) is 1.77. The molecule has 0 fully saturated rings. The van der Waals surface area contributed by atoms with E-state index in [1.165, 1.54) is 13.8 Å². The van der Waals surface area contributed by atoms with Crippen LogP contribution in [0.25, 0.3) is 10.9 Å². The van der Waals surface area contributed by atoms with Gasteiger partial charge in [-0.05, 0) is 38.1 Å². The lowest BCUT2D eigenvalue weighted by Crippen LogP contribution is -2.08. The molecule has 1 heterocycles. The van der Waals surface area contributed by atoms with E-state index in [1.54, 1.807) is 12.1 Å². The first kappa shape index (κ1) is 9.06. The van der Waals surface area contributed by atoms with Gasteiger partial charge in [-0.1, -0.05) is 0 Å². The quantitative estimate of drug-likeness (QED) is 0.670. The number of benzene rings is 1. The molecule has 0 unspecified atom stereocenters. The summed E-state index contributed by atoms with van der Waals surface area (Å²) in [6.07, 6.45) is 0. The Morgan fingerprint density at radius 2 is 2.00 bits per heavy atom. The molecule has 0 saturated carbocycles. The molecule has 1 aromatic heterocycles. The number of H-pyrrole nitrogens is 1. The fraction of sp³-hybridized carbons (Fsp3) is 0.273. The molecular formula is C11H13FN2. The van der Waals surface area contributed by atoms with Gasteiger partial charge in [0.25, 0.3) is 0 Å². The first-order valence-corrected chi connectivity index (χ1v) is 4.54. The number of halogens is 1. The SMILES string of the molecule is CC(C)(F)c1cc2cc(N)ccc2[nH]1. The minimum Gasteiger partial charge on any atom is -0.399 e. The molecule has 0 spiro atoms. The number of hydrogen-bond donors (Lipinski definition) is 2. The molecule has 3 N–H and O–H groups in total. The molecule has 0 aliphatic rings. The summed E-state index contributed by atoms with van der Waals surface area (Å²) in [5.41, 5.74) is 6.49. The van der Waals surface area contributed by atoms with Crippen LogP contribution in [0.4, 0.5) is 10.1 Å². The molecular weight excluding hydrogens is 179 g/mol. The van der Waals surface area contributed by atoms with Crippen molar-refractivity contribution in [3.8, 4) is 0 Å². The number of hydrogen-bond acceptors (Lipinski definition) is 1. The Balaban J connectivity index is 2.63. The van der Waals surface area contributed by atoms with Gasteiger partial charge in [0.15, 0.2) is 0 Å². The summed E-state index contributed by atoms with van der Waals surface area (Å²) in [6, 6.07) is 7.29. The zero-order chi connectivity index (χ0) is 10.3. The number of aromatic amines is 1. The lowest BCUT2D eigenvalue weighted by Gasteiger charge is -2.10. The van der Waals surface area contributed by atoms with Crippen molar-refractivity contribution in [1.82, 2.24) is 4.98 Å². The highest BCUT2D eigenvalue weighted by Crippen LogP contribution is 2.28. The number of alkyl halides is 1. The number of aromatic nitrogens is 1. The Morgan fingerprint density at radius 3 is 2.64 bits per heavy atom. The van der Waals surface area contributed by atoms with E-state index in [0.29, 0.717) is 11.4 Å². The monoisotopic (exact) mass is 192 g/mol. The Bertz CT molecular complexity index is 466. The van der Waals surface area contributed by atoms with E-state index in [9.17, 15) is 4.39 Å². The fourth-order valence-corrected chi connectivity index (χ4v) is 1.47. The summed E-state index contributed by atoms with van der Waals surface area (Å²) in [5.74, 6) is 0. The van der Waals surface area contributed by atoms with Gasteiger partial charge in [0.05, 0.1) is 5.69 Å². The van der Waals surface area contributed by atoms with E-state index in [0.717, 1.165) is 10.9 Å². The smallest absolute Gasteiger partial charge is 0.145 e. The zero-order valence-corrected chi connectivity index (χ0v) is 8.26. The predicted molar refractivity (Wildman–Crippen MR) is 56.8 cm³/mol. The van der Waals surface area contributed by atoms with E-state index >= 15 is 0 Å². The van der Waals surface area contributed by atoms with Crippen molar-refractivity contribution in [1.29, 1.82) is 0 Å². The Morgan fingerprint density at radius 1 is 1.29 bits per heavy atom. The van der Waals surface area contributed by atoms with Crippen molar-refractivity contribution in [3.05, 3.63) is 30.0 Å². The van der Waals surface area contributed by atoms with Crippen LogP contribution in [0.5, 0.6) is 0 Å². The molecule has 0 aliphatic carbocycles. The summed E-state index contributed by atoms with van der Waals surface area (Å²) >= 11 is 0. The molecule has 1 aromatic carbocycles. The average Bonchev–Trinajstić information content (AvgIpc) is 2.45. The van der Waals surface area contributed by atoms with E-state index < -0.39 is 5.67 Å². The first-order chi connectivity index (χ1) is 6.47. The van der Waals surface area contributed by atoms with Crippen molar-refractivity contribution in [2.24, 2.45) is 0 Å². The van der Waals surface area contributed by atoms with Gasteiger partial charge >= 0.3 is 0 Å². The molecule has 0 atom stereocenters. The van der Waals surface area contributed by atoms with Crippen LogP contribution in [-0.2, 0) is 5.67 Å². The van der Waals surface area contributed by atoms with Crippen molar-refractivity contribution in [2.45, 2.75) is 19.5 Å². The van der Waals surface area contributed by atoms with Gasteiger partial charge in [0, 0.05) is 16.6 Å². The largest absolute Gasteiger partial charge is 0.399 e. The van der Waals surface area contributed by atoms with Crippen molar-refractivity contribution >= 4 is 16.6 Å². The Labute approximate surface area is 81.9 Å². The normalized spacial score (nSPS) is 12.2. The summed E-state index contributed by atoms with van der Waals surface area (Å²) in [7, 11) is 0. The zero-order valence-electron chi connectivity index (χ0n) is 8.26. The van der Waals surface area contributed by atoms with Crippen molar-refractivity contribution in [2.75, 3.05) is 5.73 Å². The topological polar surface area (TPSA) is 41.8 Å². The van der Waals surface area contributed by atoms with Crippen LogP contribution in [0.15, 0.2) is 24.3 Å². The van der Waals surface area contributed by atoms with Crippen LogP contribution in [-0.4, -0.2) is 4.98 Å². The lowest BCUT2D eigenvalue weighted by molar-refractivity contribution is 0.215. The van der Waals surface area contributed by atoms with Crippen LogP contribution in [0.3, 0.4) is 0 Å². The molecule has 2 nitrogen and oxygen atoms in total. The summed E-state index contributed by atoms with van der Waals surface area (Å²) in [5, 5.41) is 0.950. The maximum atomic E-state index is 13.6. The number of anilines is 1. The second-order valence-corrected chi connectivity index (χ2v) is 4.00. The van der Waals surface area contributed by atoms with Gasteiger partial charge in [-0.25, -0.2) is 4.39 Å². The third-order valence-corrected chi connectivity index (χ3v) is 2.29. The second-order valence-electron chi connectivity index (χ2n) is 4.00. The number of fused-ring (bicyclic) bond motifs is 1. The van der Waals surface area contributed by atoms with E-state index in [1.807, 2.05) is 12.1 Å². The molecule has 14 heavy (non-hydrogen) atoms. The van der Waals surface area contributed by atoms with Gasteiger partial charge in [0.2, 0.25) is 0 Å². The molecule has 2 aromatic rings. The first-order valence-electron chi connectivity index (χ1n) is 4.54. The average molecular weight is 192 g/mol. The van der Waals surface area contributed by atoms with E-state index in [2.05, 4.69) is 4.98 Å². The van der Waals surface area contributed by atoms with Crippen molar-refractivity contribution in [3.63, 3.8) is 0 Å². The van der Waals surface area contributed by atoms with Crippen LogP contribution in [0.1, 0.15) is 19.5 Å². The third kappa shape index (κ3) is 1.45. The molecule has 2 rings (SSSR count). The highest BCUT2D eigenvalue weighted by Gasteiger charge is 2.20. The van der Waals surface area contributed by atoms with Crippen LogP contribution in [0.2, 0.25) is 0 Å².